The molecule has 0 saturated heterocycles. The standard InChI is InChI=1S/C7H12BrNO2/c1-9(11-2)6(10)7(8)4-3-5-7/h3-5H2,1-2H3. The molecule has 0 unspecified atom stereocenters. The van der Waals surface area contributed by atoms with Crippen LogP contribution in [0.15, 0.2) is 0 Å². The second kappa shape index (κ2) is 3.11. The molecule has 0 radical (unpaired) electrons. The number of alkyl halides is 1. The lowest BCUT2D eigenvalue weighted by atomic mass is 9.84. The molecule has 11 heavy (non-hydrogen) atoms. The van der Waals surface area contributed by atoms with Crippen LogP contribution >= 0.6 is 15.9 Å². The number of hydrogen-bond donors (Lipinski definition) is 0. The molecule has 0 aliphatic heterocycles. The first kappa shape index (κ1) is 9.00. The number of nitrogens with zero attached hydrogens (tertiary/aromatic N) is 1. The third-order valence-corrected chi connectivity index (χ3v) is 3.22. The predicted molar refractivity (Wildman–Crippen MR) is 45.3 cm³/mol. The van der Waals surface area contributed by atoms with Crippen LogP contribution in [-0.4, -0.2) is 29.5 Å². The Balaban J connectivity index is 2.52. The lowest BCUT2D eigenvalue weighted by Gasteiger charge is -2.36. The van der Waals surface area contributed by atoms with Gasteiger partial charge in [0.15, 0.2) is 0 Å². The van der Waals surface area contributed by atoms with E-state index in [1.807, 2.05) is 0 Å². The molecule has 64 valence electrons. The summed E-state index contributed by atoms with van der Waals surface area (Å²) >= 11 is 3.40. The third-order valence-electron chi connectivity index (χ3n) is 2.09. The van der Waals surface area contributed by atoms with Gasteiger partial charge in [-0.15, -0.1) is 0 Å². The van der Waals surface area contributed by atoms with Crippen LogP contribution in [0.2, 0.25) is 0 Å². The normalized spacial score (nSPS) is 20.6. The minimum Gasteiger partial charge on any atom is -0.275 e. The van der Waals surface area contributed by atoms with E-state index in [1.165, 1.54) is 12.2 Å². The molecule has 1 rings (SSSR count). The van der Waals surface area contributed by atoms with Gasteiger partial charge in [0.25, 0.3) is 5.91 Å². The summed E-state index contributed by atoms with van der Waals surface area (Å²) in [7, 11) is 3.12. The van der Waals surface area contributed by atoms with Gasteiger partial charge in [0.2, 0.25) is 0 Å². The molecule has 1 amide bonds. The molecule has 1 aliphatic carbocycles. The van der Waals surface area contributed by atoms with Crippen molar-refractivity contribution < 1.29 is 9.63 Å². The van der Waals surface area contributed by atoms with E-state index in [0.717, 1.165) is 19.3 Å². The highest BCUT2D eigenvalue weighted by Crippen LogP contribution is 2.41. The summed E-state index contributed by atoms with van der Waals surface area (Å²) in [4.78, 5) is 16.2. The predicted octanol–water partition coefficient (Wildman–Crippen LogP) is 1.32. The zero-order valence-electron chi connectivity index (χ0n) is 6.76. The average molecular weight is 222 g/mol. The summed E-state index contributed by atoms with van der Waals surface area (Å²) in [5.41, 5.74) is 0. The molecular weight excluding hydrogens is 210 g/mol. The van der Waals surface area contributed by atoms with E-state index in [9.17, 15) is 4.79 Å². The van der Waals surface area contributed by atoms with E-state index in [-0.39, 0.29) is 10.2 Å². The SMILES string of the molecule is CON(C)C(=O)C1(Br)CCC1. The zero-order valence-corrected chi connectivity index (χ0v) is 8.35. The van der Waals surface area contributed by atoms with E-state index in [1.54, 1.807) is 7.05 Å². The van der Waals surface area contributed by atoms with E-state index < -0.39 is 0 Å². The average Bonchev–Trinajstić information content (AvgIpc) is 1.97. The largest absolute Gasteiger partial charge is 0.275 e. The highest BCUT2D eigenvalue weighted by Gasteiger charge is 2.43. The van der Waals surface area contributed by atoms with Gasteiger partial charge in [0.05, 0.1) is 7.11 Å². The van der Waals surface area contributed by atoms with Gasteiger partial charge in [-0.1, -0.05) is 15.9 Å². The van der Waals surface area contributed by atoms with Crippen molar-refractivity contribution in [1.29, 1.82) is 0 Å². The highest BCUT2D eigenvalue weighted by molar-refractivity contribution is 9.10. The molecule has 0 heterocycles. The Morgan fingerprint density at radius 3 is 2.45 bits per heavy atom. The van der Waals surface area contributed by atoms with Crippen molar-refractivity contribution in [3.63, 3.8) is 0 Å². The van der Waals surface area contributed by atoms with Crippen LogP contribution in [0.3, 0.4) is 0 Å². The topological polar surface area (TPSA) is 29.5 Å². The minimum atomic E-state index is -0.322. The van der Waals surface area contributed by atoms with Gasteiger partial charge >= 0.3 is 0 Å². The van der Waals surface area contributed by atoms with Crippen LogP contribution in [-0.2, 0) is 9.63 Å². The van der Waals surface area contributed by atoms with Crippen LogP contribution in [0, 0.1) is 0 Å². The minimum absolute atomic E-state index is 0.0197. The lowest BCUT2D eigenvalue weighted by molar-refractivity contribution is -0.173. The van der Waals surface area contributed by atoms with Gasteiger partial charge in [-0.05, 0) is 19.3 Å². The van der Waals surface area contributed by atoms with Crippen molar-refractivity contribution in [3.8, 4) is 0 Å². The van der Waals surface area contributed by atoms with Crippen LogP contribution in [0.25, 0.3) is 0 Å². The fourth-order valence-electron chi connectivity index (χ4n) is 1.07. The molecular formula is C7H12BrNO2. The number of hydroxylamine groups is 2. The van der Waals surface area contributed by atoms with E-state index in [4.69, 9.17) is 4.84 Å². The van der Waals surface area contributed by atoms with Gasteiger partial charge in [0, 0.05) is 7.05 Å². The number of halogens is 1. The second-order valence-corrected chi connectivity index (χ2v) is 4.32. The summed E-state index contributed by atoms with van der Waals surface area (Å²) in [5, 5.41) is 1.27. The Morgan fingerprint density at radius 1 is 1.64 bits per heavy atom. The van der Waals surface area contributed by atoms with E-state index in [0.29, 0.717) is 0 Å². The van der Waals surface area contributed by atoms with Gasteiger partial charge < -0.3 is 0 Å². The first-order valence-corrected chi connectivity index (χ1v) is 4.40. The molecule has 1 aliphatic rings. The van der Waals surface area contributed by atoms with Gasteiger partial charge in [-0.3, -0.25) is 9.63 Å². The summed E-state index contributed by atoms with van der Waals surface area (Å²) in [6.07, 6.45) is 2.95. The Labute approximate surface area is 74.8 Å². The van der Waals surface area contributed by atoms with Crippen LogP contribution in [0.1, 0.15) is 19.3 Å². The molecule has 1 saturated carbocycles. The molecule has 0 aromatic heterocycles. The van der Waals surface area contributed by atoms with Crippen LogP contribution < -0.4 is 0 Å². The second-order valence-electron chi connectivity index (χ2n) is 2.80. The molecule has 0 aromatic rings. The van der Waals surface area contributed by atoms with E-state index >= 15 is 0 Å². The van der Waals surface area contributed by atoms with Crippen molar-refractivity contribution in [2.24, 2.45) is 0 Å². The van der Waals surface area contributed by atoms with Crippen molar-refractivity contribution in [3.05, 3.63) is 0 Å². The Morgan fingerprint density at radius 2 is 2.18 bits per heavy atom. The molecule has 0 spiro atoms. The first-order valence-electron chi connectivity index (χ1n) is 3.61. The Bertz CT molecular complexity index is 168. The van der Waals surface area contributed by atoms with Crippen molar-refractivity contribution >= 4 is 21.8 Å². The van der Waals surface area contributed by atoms with Crippen LogP contribution in [0.5, 0.6) is 0 Å². The molecule has 1 fully saturated rings. The highest BCUT2D eigenvalue weighted by atomic mass is 79.9. The fraction of sp³-hybridized carbons (Fsp3) is 0.857. The smallest absolute Gasteiger partial charge is 0.262 e. The molecule has 3 nitrogen and oxygen atoms in total. The third kappa shape index (κ3) is 1.56. The fourth-order valence-corrected chi connectivity index (χ4v) is 1.88. The quantitative estimate of drug-likeness (QED) is 0.521. The van der Waals surface area contributed by atoms with E-state index in [2.05, 4.69) is 15.9 Å². The summed E-state index contributed by atoms with van der Waals surface area (Å²) in [6.45, 7) is 0. The maximum Gasteiger partial charge on any atom is 0.262 e. The molecule has 0 bridgehead atoms. The summed E-state index contributed by atoms with van der Waals surface area (Å²) < 4.78 is -0.322. The van der Waals surface area contributed by atoms with Crippen molar-refractivity contribution in [1.82, 2.24) is 5.06 Å². The molecule has 4 heteroatoms. The van der Waals surface area contributed by atoms with Crippen LogP contribution in [0.4, 0.5) is 0 Å². The summed E-state index contributed by atoms with van der Waals surface area (Å²) in [5.74, 6) is 0.0197. The maximum atomic E-state index is 11.4. The number of rotatable bonds is 2. The van der Waals surface area contributed by atoms with Gasteiger partial charge in [-0.2, -0.15) is 0 Å². The Kier molecular flexibility index (Phi) is 2.54. The van der Waals surface area contributed by atoms with Crippen molar-refractivity contribution in [2.45, 2.75) is 23.6 Å². The number of hydrogen-bond acceptors (Lipinski definition) is 2. The molecule has 0 aromatic carbocycles. The molecule has 0 atom stereocenters. The number of amides is 1. The zero-order chi connectivity index (χ0) is 8.48. The lowest BCUT2D eigenvalue weighted by Crippen LogP contribution is -2.47. The van der Waals surface area contributed by atoms with Gasteiger partial charge in [0.1, 0.15) is 4.32 Å². The summed E-state index contributed by atoms with van der Waals surface area (Å²) in [6, 6.07) is 0. The van der Waals surface area contributed by atoms with Gasteiger partial charge in [-0.25, -0.2) is 5.06 Å². The monoisotopic (exact) mass is 221 g/mol. The maximum absolute atomic E-state index is 11.4. The number of carbonyl (C=O) groups is 1. The number of carbonyl (C=O) groups excluding carboxylic acids is 1. The first-order chi connectivity index (χ1) is 5.10. The van der Waals surface area contributed by atoms with Crippen molar-refractivity contribution in [2.75, 3.05) is 14.2 Å². The molecule has 0 N–H and O–H groups in total. The Hall–Kier alpha value is -0.0900.